The van der Waals surface area contributed by atoms with Crippen LogP contribution in [0.3, 0.4) is 0 Å². The van der Waals surface area contributed by atoms with Gasteiger partial charge >= 0.3 is 18.3 Å². The number of aromatic nitrogens is 3. The molecule has 0 radical (unpaired) electrons. The first kappa shape index (κ1) is 38.5. The molecule has 54 heavy (non-hydrogen) atoms. The van der Waals surface area contributed by atoms with E-state index in [0.717, 1.165) is 41.8 Å². The van der Waals surface area contributed by atoms with Gasteiger partial charge in [-0.1, -0.05) is 19.6 Å². The number of hydrogen-bond donors (Lipinski definition) is 0. The number of benzene rings is 1. The van der Waals surface area contributed by atoms with E-state index in [1.165, 1.54) is 10.8 Å². The van der Waals surface area contributed by atoms with E-state index < -0.39 is 37.5 Å². The molecule has 3 aromatic rings. The maximum atomic E-state index is 14.4. The lowest BCUT2D eigenvalue weighted by Crippen LogP contribution is -2.55. The highest BCUT2D eigenvalue weighted by molar-refractivity contribution is 6.76. The second-order valence-corrected chi connectivity index (χ2v) is 22.7. The van der Waals surface area contributed by atoms with Crippen molar-refractivity contribution in [1.82, 2.24) is 29.2 Å². The predicted molar refractivity (Wildman–Crippen MR) is 198 cm³/mol. The average molecular weight is 773 g/mol. The van der Waals surface area contributed by atoms with Gasteiger partial charge in [0.05, 0.1) is 56.4 Å². The number of urea groups is 1. The van der Waals surface area contributed by atoms with Gasteiger partial charge in [-0.05, 0) is 74.9 Å². The Bertz CT molecular complexity index is 1880. The van der Waals surface area contributed by atoms with Gasteiger partial charge in [-0.15, -0.1) is 0 Å². The summed E-state index contributed by atoms with van der Waals surface area (Å²) in [5.41, 5.74) is 1.57. The van der Waals surface area contributed by atoms with Crippen LogP contribution in [0.4, 0.5) is 22.8 Å². The molecule has 16 heteroatoms. The van der Waals surface area contributed by atoms with Crippen molar-refractivity contribution in [2.45, 2.75) is 109 Å². The third kappa shape index (κ3) is 8.12. The normalized spacial score (nSPS) is 22.2. The van der Waals surface area contributed by atoms with Gasteiger partial charge in [0, 0.05) is 46.1 Å². The van der Waals surface area contributed by atoms with Crippen LogP contribution in [0, 0.1) is 0 Å². The highest BCUT2D eigenvalue weighted by Gasteiger charge is 2.43. The molecule has 0 saturated carbocycles. The molecular weight excluding hydrogens is 722 g/mol. The minimum atomic E-state index is -4.67. The zero-order valence-corrected chi connectivity index (χ0v) is 33.0. The van der Waals surface area contributed by atoms with Gasteiger partial charge in [0.15, 0.2) is 5.65 Å². The predicted octanol–water partition coefficient (Wildman–Crippen LogP) is 7.08. The zero-order chi connectivity index (χ0) is 38.6. The molecular formula is C38H51F3N6O6Si. The lowest BCUT2D eigenvalue weighted by atomic mass is 9.87. The molecule has 3 amide bonds. The summed E-state index contributed by atoms with van der Waals surface area (Å²) in [6, 6.07) is 4.17. The third-order valence-electron chi connectivity index (χ3n) is 10.6. The molecule has 294 valence electrons. The molecule has 4 aliphatic rings. The molecule has 6 heterocycles. The number of fused-ring (bicyclic) bond motifs is 4. The van der Waals surface area contributed by atoms with Crippen molar-refractivity contribution in [3.63, 3.8) is 0 Å². The molecule has 3 fully saturated rings. The summed E-state index contributed by atoms with van der Waals surface area (Å²) in [7, 11) is -1.39. The van der Waals surface area contributed by atoms with Crippen LogP contribution in [0.5, 0.6) is 0 Å². The molecule has 1 aromatic carbocycles. The second-order valence-electron chi connectivity index (χ2n) is 17.0. The monoisotopic (exact) mass is 772 g/mol. The summed E-state index contributed by atoms with van der Waals surface area (Å²) < 4.78 is 68.0. The molecule has 4 aliphatic heterocycles. The van der Waals surface area contributed by atoms with Crippen LogP contribution >= 0.6 is 0 Å². The molecule has 0 spiro atoms. The van der Waals surface area contributed by atoms with Crippen molar-refractivity contribution in [2.24, 2.45) is 0 Å². The lowest BCUT2D eigenvalue weighted by Gasteiger charge is -2.42. The average Bonchev–Trinajstić information content (AvgIpc) is 3.60. The second kappa shape index (κ2) is 14.7. The maximum Gasteiger partial charge on any atom is 0.420 e. The Morgan fingerprint density at radius 1 is 1.02 bits per heavy atom. The van der Waals surface area contributed by atoms with Gasteiger partial charge in [0.1, 0.15) is 23.4 Å². The van der Waals surface area contributed by atoms with Crippen LogP contribution in [0.2, 0.25) is 25.7 Å². The molecule has 2 aromatic heterocycles. The minimum absolute atomic E-state index is 0.0275. The molecule has 3 atom stereocenters. The number of morpholine rings is 2. The first-order valence-corrected chi connectivity index (χ1v) is 22.6. The van der Waals surface area contributed by atoms with Crippen molar-refractivity contribution in [3.05, 3.63) is 46.8 Å². The zero-order valence-electron chi connectivity index (χ0n) is 32.0. The smallest absolute Gasteiger partial charge is 0.420 e. The van der Waals surface area contributed by atoms with E-state index in [9.17, 15) is 22.8 Å². The fourth-order valence-corrected chi connectivity index (χ4v) is 8.61. The Labute approximate surface area is 314 Å². The Morgan fingerprint density at radius 2 is 1.76 bits per heavy atom. The van der Waals surface area contributed by atoms with Crippen molar-refractivity contribution in [2.75, 3.05) is 46.1 Å². The Kier molecular flexibility index (Phi) is 10.5. The number of ether oxygens (including phenoxy) is 4. The molecule has 12 nitrogen and oxygen atoms in total. The minimum Gasteiger partial charge on any atom is -0.444 e. The molecule has 2 unspecified atom stereocenters. The van der Waals surface area contributed by atoms with Crippen molar-refractivity contribution in [3.8, 4) is 11.3 Å². The number of amides is 3. The molecule has 0 aliphatic carbocycles. The number of nitrogens with zero attached hydrogens (tertiary/aromatic N) is 6. The summed E-state index contributed by atoms with van der Waals surface area (Å²) in [4.78, 5) is 42.3. The molecule has 7 rings (SSSR count). The van der Waals surface area contributed by atoms with Crippen LogP contribution < -0.4 is 0 Å². The summed E-state index contributed by atoms with van der Waals surface area (Å²) in [5, 5.41) is 0. The van der Waals surface area contributed by atoms with E-state index in [1.807, 2.05) is 42.7 Å². The van der Waals surface area contributed by atoms with E-state index in [-0.39, 0.29) is 54.9 Å². The van der Waals surface area contributed by atoms with Crippen LogP contribution in [0.15, 0.2) is 24.5 Å². The van der Waals surface area contributed by atoms with Gasteiger partial charge in [0.2, 0.25) is 0 Å². The highest BCUT2D eigenvalue weighted by atomic mass is 28.3. The van der Waals surface area contributed by atoms with E-state index in [4.69, 9.17) is 18.9 Å². The topological polar surface area (TPSA) is 111 Å². The molecule has 3 saturated heterocycles. The fourth-order valence-electron chi connectivity index (χ4n) is 7.85. The van der Waals surface area contributed by atoms with E-state index in [1.54, 1.807) is 4.90 Å². The number of halogens is 3. The Morgan fingerprint density at radius 3 is 2.44 bits per heavy atom. The highest BCUT2D eigenvalue weighted by Crippen LogP contribution is 2.40. The fraction of sp³-hybridized carbons (Fsp3) is 0.632. The van der Waals surface area contributed by atoms with Crippen LogP contribution in [-0.4, -0.2) is 113 Å². The number of rotatable bonds is 7. The molecule has 0 N–H and O–H groups in total. The van der Waals surface area contributed by atoms with E-state index in [2.05, 4.69) is 29.6 Å². The Balaban J connectivity index is 1.27. The summed E-state index contributed by atoms with van der Waals surface area (Å²) in [6.07, 6.45) is -0.316. The summed E-state index contributed by atoms with van der Waals surface area (Å²) in [6.45, 7) is 15.1. The summed E-state index contributed by atoms with van der Waals surface area (Å²) >= 11 is 0. The van der Waals surface area contributed by atoms with E-state index >= 15 is 0 Å². The number of carbonyl (C=O) groups excluding carboxylic acids is 2. The maximum absolute atomic E-state index is 14.4. The van der Waals surface area contributed by atoms with Gasteiger partial charge in [0.25, 0.3) is 0 Å². The largest absolute Gasteiger partial charge is 0.444 e. The number of hydrogen-bond acceptors (Lipinski definition) is 8. The summed E-state index contributed by atoms with van der Waals surface area (Å²) in [5.74, 6) is 0. The van der Waals surface area contributed by atoms with Crippen LogP contribution in [0.25, 0.3) is 22.4 Å². The third-order valence-corrected chi connectivity index (χ3v) is 12.3. The van der Waals surface area contributed by atoms with Gasteiger partial charge in [-0.2, -0.15) is 13.2 Å². The van der Waals surface area contributed by atoms with E-state index in [0.29, 0.717) is 51.5 Å². The van der Waals surface area contributed by atoms with Crippen molar-refractivity contribution in [1.29, 1.82) is 0 Å². The quantitative estimate of drug-likeness (QED) is 0.185. The van der Waals surface area contributed by atoms with Crippen molar-refractivity contribution >= 4 is 31.4 Å². The Hall–Kier alpha value is -3.73. The lowest BCUT2D eigenvalue weighted by molar-refractivity contribution is -0.136. The number of carbonyl (C=O) groups is 2. The van der Waals surface area contributed by atoms with Gasteiger partial charge in [-0.25, -0.2) is 19.6 Å². The first-order valence-electron chi connectivity index (χ1n) is 18.9. The van der Waals surface area contributed by atoms with Crippen molar-refractivity contribution < 1.29 is 41.7 Å². The van der Waals surface area contributed by atoms with Crippen LogP contribution in [0.1, 0.15) is 61.9 Å². The van der Waals surface area contributed by atoms with Crippen LogP contribution in [-0.2, 0) is 44.8 Å². The first-order chi connectivity index (χ1) is 25.5. The van der Waals surface area contributed by atoms with Gasteiger partial charge in [-0.3, -0.25) is 4.90 Å². The molecule has 2 bridgehead atoms. The van der Waals surface area contributed by atoms with Gasteiger partial charge < -0.3 is 33.3 Å². The number of alkyl halides is 3. The SMILES string of the molecule is CC(C)(C)OC(=O)N1CCOC[C@H]1c1cc(-c2cnc3c(n2)c(C(F)(F)F)cn3COCC[Si](C)(C)C)cc2c1CN(C(=O)N1C3CCC1COC3)CC2. The standard InChI is InChI=1S/C38H51F3N6O6Si/c1-37(2,3)53-36(49)46-11-12-50-22-32(46)28-16-25(15-24-9-10-44(18-29(24)28)35(48)47-26-7-8-27(47)21-52-20-26)31-17-42-34-33(43-31)30(38(39,40)41)19-45(34)23-51-13-14-54(4,5)6/h15-17,19,26-27,32H,7-14,18,20-23H2,1-6H3/t26?,27?,32-/m0/s1.